The average molecular weight is 484 g/mol. The van der Waals surface area contributed by atoms with Crippen molar-refractivity contribution in [2.24, 2.45) is 0 Å². The van der Waals surface area contributed by atoms with E-state index in [9.17, 15) is 18.7 Å². The van der Waals surface area contributed by atoms with Crippen LogP contribution in [0.3, 0.4) is 0 Å². The van der Waals surface area contributed by atoms with E-state index in [0.29, 0.717) is 11.3 Å². The van der Waals surface area contributed by atoms with Gasteiger partial charge in [-0.3, -0.25) is 4.79 Å². The monoisotopic (exact) mass is 483 g/mol. The number of nitrogens with one attached hydrogen (secondary N) is 2. The standard InChI is InChI=1S/C27H31F2N3O3/c1-3-17-7-8-19-5-4-6-23(22(19)12-17)30-15-26(33)24(13-18-10-20(28)14-21(29)11-18)31-27(34)25-9-16(2)35-32-25/h7-12,14,23-24,26,30,33H,3-6,13,15H2,1-2H3,(H,31,34)/t23-,24-,26+/m1/s1. The summed E-state index contributed by atoms with van der Waals surface area (Å²) in [6.07, 6.45) is 2.99. The van der Waals surface area contributed by atoms with Crippen LogP contribution in [0.25, 0.3) is 0 Å². The number of aliphatic hydroxyl groups is 1. The van der Waals surface area contributed by atoms with Gasteiger partial charge in [-0.2, -0.15) is 0 Å². The summed E-state index contributed by atoms with van der Waals surface area (Å²) in [4.78, 5) is 12.7. The molecule has 0 unspecified atom stereocenters. The number of aromatic nitrogens is 1. The highest BCUT2D eigenvalue weighted by atomic mass is 19.1. The van der Waals surface area contributed by atoms with Crippen molar-refractivity contribution in [3.05, 3.63) is 87.8 Å². The third-order valence-electron chi connectivity index (χ3n) is 6.53. The molecule has 3 aromatic rings. The van der Waals surface area contributed by atoms with E-state index < -0.39 is 29.7 Å². The molecule has 8 heteroatoms. The van der Waals surface area contributed by atoms with Crippen molar-refractivity contribution < 1.29 is 23.2 Å². The summed E-state index contributed by atoms with van der Waals surface area (Å²) in [6, 6.07) is 10.5. The molecule has 2 aromatic carbocycles. The number of halogens is 2. The van der Waals surface area contributed by atoms with Gasteiger partial charge in [0.25, 0.3) is 5.91 Å². The van der Waals surface area contributed by atoms with Gasteiger partial charge in [0, 0.05) is 24.7 Å². The van der Waals surface area contributed by atoms with Gasteiger partial charge in [-0.25, -0.2) is 8.78 Å². The molecule has 3 N–H and O–H groups in total. The zero-order valence-corrected chi connectivity index (χ0v) is 20.0. The molecule has 0 aliphatic heterocycles. The van der Waals surface area contributed by atoms with Crippen molar-refractivity contribution in [2.75, 3.05) is 6.54 Å². The predicted molar refractivity (Wildman–Crippen MR) is 128 cm³/mol. The Kier molecular flexibility index (Phi) is 7.93. The number of benzene rings is 2. The molecule has 0 saturated heterocycles. The molecule has 1 aliphatic rings. The van der Waals surface area contributed by atoms with Gasteiger partial charge in [0.15, 0.2) is 5.69 Å². The minimum absolute atomic E-state index is 0.0430. The van der Waals surface area contributed by atoms with Crippen LogP contribution in [-0.2, 0) is 19.3 Å². The van der Waals surface area contributed by atoms with Gasteiger partial charge in [0.2, 0.25) is 0 Å². The minimum Gasteiger partial charge on any atom is -0.390 e. The van der Waals surface area contributed by atoms with Crippen molar-refractivity contribution in [3.63, 3.8) is 0 Å². The van der Waals surface area contributed by atoms with Crippen molar-refractivity contribution in [1.82, 2.24) is 15.8 Å². The van der Waals surface area contributed by atoms with Crippen LogP contribution < -0.4 is 10.6 Å². The van der Waals surface area contributed by atoms with Crippen molar-refractivity contribution in [1.29, 1.82) is 0 Å². The number of carbonyl (C=O) groups excluding carboxylic acids is 1. The normalized spacial score (nSPS) is 17.0. The maximum atomic E-state index is 13.8. The number of hydrogen-bond donors (Lipinski definition) is 3. The first-order valence-corrected chi connectivity index (χ1v) is 12.0. The number of aliphatic hydroxyl groups excluding tert-OH is 1. The van der Waals surface area contributed by atoms with E-state index in [-0.39, 0.29) is 24.7 Å². The molecule has 6 nitrogen and oxygen atoms in total. The number of hydrogen-bond acceptors (Lipinski definition) is 5. The number of carbonyl (C=O) groups is 1. The minimum atomic E-state index is -1.02. The van der Waals surface area contributed by atoms with E-state index in [2.05, 4.69) is 40.9 Å². The largest absolute Gasteiger partial charge is 0.390 e. The third kappa shape index (κ3) is 6.32. The lowest BCUT2D eigenvalue weighted by Crippen LogP contribution is -2.49. The van der Waals surface area contributed by atoms with E-state index in [1.165, 1.54) is 34.9 Å². The summed E-state index contributed by atoms with van der Waals surface area (Å²) in [5.41, 5.74) is 4.22. The molecule has 1 aliphatic carbocycles. The molecule has 1 amide bonds. The number of aryl methyl sites for hydroxylation is 3. The summed E-state index contributed by atoms with van der Waals surface area (Å²) in [5, 5.41) is 21.0. The van der Waals surface area contributed by atoms with Gasteiger partial charge in [-0.1, -0.05) is 30.3 Å². The first-order valence-electron chi connectivity index (χ1n) is 12.0. The molecule has 186 valence electrons. The Morgan fingerprint density at radius 2 is 1.94 bits per heavy atom. The van der Waals surface area contributed by atoms with Gasteiger partial charge in [0.05, 0.1) is 12.1 Å². The first-order chi connectivity index (χ1) is 16.8. The second-order valence-corrected chi connectivity index (χ2v) is 9.19. The van der Waals surface area contributed by atoms with Gasteiger partial charge in [-0.05, 0) is 73.4 Å². The molecule has 3 atom stereocenters. The van der Waals surface area contributed by atoms with E-state index in [4.69, 9.17) is 4.52 Å². The maximum Gasteiger partial charge on any atom is 0.273 e. The maximum absolute atomic E-state index is 13.8. The fourth-order valence-electron chi connectivity index (χ4n) is 4.67. The van der Waals surface area contributed by atoms with Crippen LogP contribution >= 0.6 is 0 Å². The Labute approximate surface area is 203 Å². The first kappa shape index (κ1) is 25.0. The van der Waals surface area contributed by atoms with Crippen molar-refractivity contribution >= 4 is 5.91 Å². The van der Waals surface area contributed by atoms with Gasteiger partial charge in [-0.15, -0.1) is 0 Å². The second kappa shape index (κ2) is 11.1. The van der Waals surface area contributed by atoms with Crippen molar-refractivity contribution in [2.45, 2.75) is 64.1 Å². The summed E-state index contributed by atoms with van der Waals surface area (Å²) >= 11 is 0. The van der Waals surface area contributed by atoms with Gasteiger partial charge in [0.1, 0.15) is 17.4 Å². The Bertz CT molecular complexity index is 1160. The van der Waals surface area contributed by atoms with Crippen LogP contribution in [0.4, 0.5) is 8.78 Å². The fourth-order valence-corrected chi connectivity index (χ4v) is 4.67. The molecular formula is C27H31F2N3O3. The Balaban J connectivity index is 1.50. The fraction of sp³-hybridized carbons (Fsp3) is 0.407. The van der Waals surface area contributed by atoms with Gasteiger partial charge < -0.3 is 20.3 Å². The summed E-state index contributed by atoms with van der Waals surface area (Å²) in [5.74, 6) is -1.48. The van der Waals surface area contributed by atoms with E-state index in [1.807, 2.05) is 0 Å². The van der Waals surface area contributed by atoms with Gasteiger partial charge >= 0.3 is 0 Å². The molecule has 1 aromatic heterocycles. The van der Waals surface area contributed by atoms with Crippen LogP contribution in [0.5, 0.6) is 0 Å². The number of amides is 1. The highest BCUT2D eigenvalue weighted by molar-refractivity contribution is 5.92. The average Bonchev–Trinajstić information content (AvgIpc) is 3.27. The van der Waals surface area contributed by atoms with Crippen LogP contribution in [0.15, 0.2) is 47.0 Å². The molecule has 4 rings (SSSR count). The SMILES string of the molecule is CCc1ccc2c(c1)[C@H](NC[C@H](O)[C@@H](Cc1cc(F)cc(F)c1)NC(=O)c1cc(C)on1)CCC2. The highest BCUT2D eigenvalue weighted by Crippen LogP contribution is 2.30. The Morgan fingerprint density at radius 1 is 1.17 bits per heavy atom. The van der Waals surface area contributed by atoms with Crippen LogP contribution in [-0.4, -0.2) is 34.9 Å². The summed E-state index contributed by atoms with van der Waals surface area (Å²) < 4.78 is 32.5. The number of nitrogens with zero attached hydrogens (tertiary/aromatic N) is 1. The van der Waals surface area contributed by atoms with Crippen LogP contribution in [0.1, 0.15) is 64.3 Å². The lowest BCUT2D eigenvalue weighted by molar-refractivity contribution is 0.0814. The molecular weight excluding hydrogens is 452 g/mol. The van der Waals surface area contributed by atoms with Crippen LogP contribution in [0.2, 0.25) is 0 Å². The summed E-state index contributed by atoms with van der Waals surface area (Å²) in [7, 11) is 0. The predicted octanol–water partition coefficient (Wildman–Crippen LogP) is 4.19. The molecule has 0 saturated carbocycles. The Morgan fingerprint density at radius 3 is 2.63 bits per heavy atom. The molecule has 0 radical (unpaired) electrons. The zero-order valence-electron chi connectivity index (χ0n) is 20.0. The second-order valence-electron chi connectivity index (χ2n) is 9.19. The van der Waals surface area contributed by atoms with Crippen molar-refractivity contribution in [3.8, 4) is 0 Å². The molecule has 0 bridgehead atoms. The van der Waals surface area contributed by atoms with E-state index in [0.717, 1.165) is 31.7 Å². The highest BCUT2D eigenvalue weighted by Gasteiger charge is 2.27. The van der Waals surface area contributed by atoms with Crippen LogP contribution in [0, 0.1) is 18.6 Å². The molecule has 1 heterocycles. The number of fused-ring (bicyclic) bond motifs is 1. The molecule has 0 spiro atoms. The zero-order chi connectivity index (χ0) is 24.9. The lowest BCUT2D eigenvalue weighted by Gasteiger charge is -2.30. The lowest BCUT2D eigenvalue weighted by atomic mass is 9.86. The van der Waals surface area contributed by atoms with E-state index >= 15 is 0 Å². The molecule has 35 heavy (non-hydrogen) atoms. The third-order valence-corrected chi connectivity index (χ3v) is 6.53. The smallest absolute Gasteiger partial charge is 0.273 e. The quantitative estimate of drug-likeness (QED) is 0.425. The van der Waals surface area contributed by atoms with E-state index in [1.54, 1.807) is 6.92 Å². The summed E-state index contributed by atoms with van der Waals surface area (Å²) in [6.45, 7) is 3.98. The number of rotatable bonds is 9. The molecule has 0 fully saturated rings. The topological polar surface area (TPSA) is 87.4 Å². The Hall–Kier alpha value is -3.10.